The van der Waals surface area contributed by atoms with Crippen LogP contribution in [0.5, 0.6) is 0 Å². The Kier molecular flexibility index (Phi) is 4.07. The molecule has 1 heterocycles. The maximum Gasteiger partial charge on any atom is 0.0662 e. The van der Waals surface area contributed by atoms with Gasteiger partial charge in [-0.15, -0.1) is 11.6 Å². The zero-order chi connectivity index (χ0) is 13.1. The SMILES string of the molecule is CCC(Cl)c1c(C)nn(Cc2ccccc2)c1C. The van der Waals surface area contributed by atoms with E-state index in [1.165, 1.54) is 16.8 Å². The first-order chi connectivity index (χ1) is 8.63. The molecule has 1 aromatic heterocycles. The molecule has 3 heteroatoms. The minimum atomic E-state index is 0.0644. The minimum Gasteiger partial charge on any atom is -0.265 e. The molecule has 0 aliphatic rings. The third-order valence-corrected chi connectivity index (χ3v) is 3.81. The van der Waals surface area contributed by atoms with Crippen LogP contribution < -0.4 is 0 Å². The summed E-state index contributed by atoms with van der Waals surface area (Å²) in [6.45, 7) is 7.05. The van der Waals surface area contributed by atoms with Gasteiger partial charge in [-0.05, 0) is 25.8 Å². The van der Waals surface area contributed by atoms with Crippen molar-refractivity contribution >= 4 is 11.6 Å². The van der Waals surface area contributed by atoms with Gasteiger partial charge in [0.05, 0.1) is 17.6 Å². The molecule has 1 aromatic carbocycles. The molecular formula is C15H19ClN2. The Morgan fingerprint density at radius 1 is 1.22 bits per heavy atom. The highest BCUT2D eigenvalue weighted by Crippen LogP contribution is 2.29. The van der Waals surface area contributed by atoms with E-state index in [4.69, 9.17) is 11.6 Å². The summed E-state index contributed by atoms with van der Waals surface area (Å²) in [7, 11) is 0. The highest BCUT2D eigenvalue weighted by atomic mass is 35.5. The number of halogens is 1. The predicted molar refractivity (Wildman–Crippen MR) is 76.1 cm³/mol. The van der Waals surface area contributed by atoms with Gasteiger partial charge in [0.15, 0.2) is 0 Å². The molecule has 2 nitrogen and oxygen atoms in total. The van der Waals surface area contributed by atoms with Crippen molar-refractivity contribution in [3.8, 4) is 0 Å². The highest BCUT2D eigenvalue weighted by molar-refractivity contribution is 6.20. The number of rotatable bonds is 4. The van der Waals surface area contributed by atoms with Crippen LogP contribution in [0.25, 0.3) is 0 Å². The van der Waals surface area contributed by atoms with Crippen molar-refractivity contribution in [2.75, 3.05) is 0 Å². The van der Waals surface area contributed by atoms with Crippen LogP contribution in [0.15, 0.2) is 30.3 Å². The summed E-state index contributed by atoms with van der Waals surface area (Å²) in [5.41, 5.74) is 4.68. The van der Waals surface area contributed by atoms with Crippen molar-refractivity contribution in [2.45, 2.75) is 39.1 Å². The van der Waals surface area contributed by atoms with Crippen molar-refractivity contribution in [2.24, 2.45) is 0 Å². The second kappa shape index (κ2) is 5.57. The Morgan fingerprint density at radius 2 is 1.89 bits per heavy atom. The van der Waals surface area contributed by atoms with E-state index in [1.54, 1.807) is 0 Å². The molecule has 0 bridgehead atoms. The molecule has 2 aromatic rings. The molecule has 0 N–H and O–H groups in total. The average molecular weight is 263 g/mol. The fourth-order valence-electron chi connectivity index (χ4n) is 2.28. The van der Waals surface area contributed by atoms with E-state index in [0.717, 1.165) is 18.7 Å². The normalized spacial score (nSPS) is 12.7. The van der Waals surface area contributed by atoms with Crippen LogP contribution in [0.4, 0.5) is 0 Å². The van der Waals surface area contributed by atoms with E-state index >= 15 is 0 Å². The fraction of sp³-hybridized carbons (Fsp3) is 0.400. The Hall–Kier alpha value is -1.28. The second-order valence-corrected chi connectivity index (χ2v) is 5.13. The van der Waals surface area contributed by atoms with Crippen LogP contribution in [0.1, 0.15) is 41.2 Å². The Labute approximate surface area is 114 Å². The molecule has 0 fully saturated rings. The van der Waals surface area contributed by atoms with Gasteiger partial charge in [0.25, 0.3) is 0 Å². The monoisotopic (exact) mass is 262 g/mol. The minimum absolute atomic E-state index is 0.0644. The van der Waals surface area contributed by atoms with Gasteiger partial charge < -0.3 is 0 Å². The topological polar surface area (TPSA) is 17.8 Å². The fourth-order valence-corrected chi connectivity index (χ4v) is 2.59. The van der Waals surface area contributed by atoms with E-state index in [-0.39, 0.29) is 5.38 Å². The third kappa shape index (κ3) is 2.59. The lowest BCUT2D eigenvalue weighted by atomic mass is 10.1. The van der Waals surface area contributed by atoms with Gasteiger partial charge in [-0.25, -0.2) is 0 Å². The van der Waals surface area contributed by atoms with E-state index in [1.807, 2.05) is 17.7 Å². The first kappa shape index (κ1) is 13.2. The molecule has 18 heavy (non-hydrogen) atoms. The molecule has 1 atom stereocenters. The molecular weight excluding hydrogens is 244 g/mol. The standard InChI is InChI=1S/C15H19ClN2/c1-4-14(16)15-11(2)17-18(12(15)3)10-13-8-6-5-7-9-13/h5-9,14H,4,10H2,1-3H3. The molecule has 0 aliphatic heterocycles. The maximum atomic E-state index is 6.36. The van der Waals surface area contributed by atoms with Gasteiger partial charge in [-0.3, -0.25) is 4.68 Å². The molecule has 0 spiro atoms. The quantitative estimate of drug-likeness (QED) is 0.754. The molecule has 2 rings (SSSR count). The van der Waals surface area contributed by atoms with Gasteiger partial charge in [0.1, 0.15) is 0 Å². The Balaban J connectivity index is 2.30. The van der Waals surface area contributed by atoms with Crippen LogP contribution in [-0.2, 0) is 6.54 Å². The van der Waals surface area contributed by atoms with Crippen molar-refractivity contribution in [3.63, 3.8) is 0 Å². The van der Waals surface area contributed by atoms with E-state index in [9.17, 15) is 0 Å². The molecule has 0 amide bonds. The lowest BCUT2D eigenvalue weighted by Crippen LogP contribution is -2.04. The van der Waals surface area contributed by atoms with Crippen molar-refractivity contribution in [1.82, 2.24) is 9.78 Å². The Bertz CT molecular complexity index is 517. The zero-order valence-electron chi connectivity index (χ0n) is 11.2. The van der Waals surface area contributed by atoms with Gasteiger partial charge >= 0.3 is 0 Å². The summed E-state index contributed by atoms with van der Waals surface area (Å²) in [6.07, 6.45) is 0.931. The summed E-state index contributed by atoms with van der Waals surface area (Å²) in [6, 6.07) is 10.4. The number of aryl methyl sites for hydroxylation is 1. The van der Waals surface area contributed by atoms with E-state index in [2.05, 4.69) is 43.2 Å². The van der Waals surface area contributed by atoms with Gasteiger partial charge in [0.2, 0.25) is 0 Å². The van der Waals surface area contributed by atoms with E-state index < -0.39 is 0 Å². The number of hydrogen-bond acceptors (Lipinski definition) is 1. The van der Waals surface area contributed by atoms with Crippen LogP contribution in [0.3, 0.4) is 0 Å². The summed E-state index contributed by atoms with van der Waals surface area (Å²) in [5.74, 6) is 0. The van der Waals surface area contributed by atoms with Crippen molar-refractivity contribution in [1.29, 1.82) is 0 Å². The Morgan fingerprint density at radius 3 is 2.50 bits per heavy atom. The van der Waals surface area contributed by atoms with Crippen LogP contribution in [0, 0.1) is 13.8 Å². The van der Waals surface area contributed by atoms with Crippen molar-refractivity contribution in [3.05, 3.63) is 52.8 Å². The maximum absolute atomic E-state index is 6.36. The van der Waals surface area contributed by atoms with Gasteiger partial charge in [-0.1, -0.05) is 37.3 Å². The molecule has 0 radical (unpaired) electrons. The predicted octanol–water partition coefficient (Wildman–Crippen LogP) is 4.24. The number of nitrogens with zero attached hydrogens (tertiary/aromatic N) is 2. The summed E-state index contributed by atoms with van der Waals surface area (Å²) in [4.78, 5) is 0. The molecule has 96 valence electrons. The first-order valence-corrected chi connectivity index (χ1v) is 6.79. The zero-order valence-corrected chi connectivity index (χ0v) is 11.9. The lowest BCUT2D eigenvalue weighted by molar-refractivity contribution is 0.657. The van der Waals surface area contributed by atoms with Gasteiger partial charge in [-0.2, -0.15) is 5.10 Å². The van der Waals surface area contributed by atoms with Gasteiger partial charge in [0, 0.05) is 11.3 Å². The number of aromatic nitrogens is 2. The summed E-state index contributed by atoms with van der Waals surface area (Å²) in [5, 5.41) is 4.67. The molecule has 1 unspecified atom stereocenters. The highest BCUT2D eigenvalue weighted by Gasteiger charge is 2.17. The third-order valence-electron chi connectivity index (χ3n) is 3.28. The van der Waals surface area contributed by atoms with Crippen LogP contribution >= 0.6 is 11.6 Å². The van der Waals surface area contributed by atoms with Crippen LogP contribution in [0.2, 0.25) is 0 Å². The van der Waals surface area contributed by atoms with E-state index in [0.29, 0.717) is 0 Å². The molecule has 0 aliphatic carbocycles. The van der Waals surface area contributed by atoms with Crippen LogP contribution in [-0.4, -0.2) is 9.78 Å². The summed E-state index contributed by atoms with van der Waals surface area (Å²) >= 11 is 6.36. The number of benzene rings is 1. The smallest absolute Gasteiger partial charge is 0.0662 e. The molecule has 0 saturated carbocycles. The van der Waals surface area contributed by atoms with Crippen molar-refractivity contribution < 1.29 is 0 Å². The average Bonchev–Trinajstić information content (AvgIpc) is 2.65. The largest absolute Gasteiger partial charge is 0.265 e. The lowest BCUT2D eigenvalue weighted by Gasteiger charge is -2.08. The molecule has 0 saturated heterocycles. The number of alkyl halides is 1. The second-order valence-electron chi connectivity index (χ2n) is 4.60. The first-order valence-electron chi connectivity index (χ1n) is 6.35. The number of hydrogen-bond donors (Lipinski definition) is 0. The summed E-state index contributed by atoms with van der Waals surface area (Å²) < 4.78 is 2.05.